The number of aliphatic carboxylic acids is 1. The number of anilines is 1. The van der Waals surface area contributed by atoms with E-state index in [1.54, 1.807) is 48.5 Å². The van der Waals surface area contributed by atoms with Crippen molar-refractivity contribution in [3.8, 4) is 11.1 Å². The van der Waals surface area contributed by atoms with Gasteiger partial charge in [0.25, 0.3) is 0 Å². The second-order valence-corrected chi connectivity index (χ2v) is 9.58. The monoisotopic (exact) mass is 501 g/mol. The van der Waals surface area contributed by atoms with Gasteiger partial charge in [-0.2, -0.15) is 4.72 Å². The van der Waals surface area contributed by atoms with Gasteiger partial charge in [-0.15, -0.1) is 0 Å². The van der Waals surface area contributed by atoms with Gasteiger partial charge in [0.1, 0.15) is 6.04 Å². The molecule has 0 unspecified atom stereocenters. The third-order valence-corrected chi connectivity index (χ3v) is 6.66. The van der Waals surface area contributed by atoms with E-state index >= 15 is 0 Å². The number of nitrogens with one attached hydrogen (secondary N) is 3. The summed E-state index contributed by atoms with van der Waals surface area (Å²) in [6.45, 7) is 0.181. The number of carboxylic acids is 1. The van der Waals surface area contributed by atoms with Crippen LogP contribution >= 0.6 is 11.6 Å². The molecule has 1 atom stereocenters. The van der Waals surface area contributed by atoms with Crippen LogP contribution in [0.2, 0.25) is 5.02 Å². The molecule has 0 saturated carbocycles. The summed E-state index contributed by atoms with van der Waals surface area (Å²) in [7, 11) is -4.06. The van der Waals surface area contributed by atoms with Gasteiger partial charge < -0.3 is 15.7 Å². The third kappa shape index (κ3) is 7.31. The van der Waals surface area contributed by atoms with E-state index in [0.29, 0.717) is 10.7 Å². The van der Waals surface area contributed by atoms with Crippen LogP contribution in [0, 0.1) is 0 Å². The summed E-state index contributed by atoms with van der Waals surface area (Å²) in [4.78, 5) is 23.5. The van der Waals surface area contributed by atoms with Gasteiger partial charge >= 0.3 is 12.0 Å². The van der Waals surface area contributed by atoms with Crippen LogP contribution < -0.4 is 15.4 Å². The Bertz CT molecular complexity index is 1220. The predicted molar refractivity (Wildman–Crippen MR) is 131 cm³/mol. The van der Waals surface area contributed by atoms with Gasteiger partial charge in [-0.25, -0.2) is 13.2 Å². The molecular weight excluding hydrogens is 478 g/mol. The molecule has 0 aliphatic heterocycles. The van der Waals surface area contributed by atoms with Crippen LogP contribution in [-0.2, 0) is 14.8 Å². The maximum Gasteiger partial charge on any atom is 0.321 e. The molecule has 4 N–H and O–H groups in total. The smallest absolute Gasteiger partial charge is 0.321 e. The average Bonchev–Trinajstić information content (AvgIpc) is 2.82. The van der Waals surface area contributed by atoms with E-state index < -0.39 is 28.1 Å². The van der Waals surface area contributed by atoms with E-state index in [4.69, 9.17) is 11.6 Å². The molecule has 3 aromatic rings. The highest BCUT2D eigenvalue weighted by atomic mass is 35.5. The first kappa shape index (κ1) is 25.2. The maximum atomic E-state index is 12.7. The molecule has 34 heavy (non-hydrogen) atoms. The van der Waals surface area contributed by atoms with Gasteiger partial charge in [0.05, 0.1) is 4.90 Å². The van der Waals surface area contributed by atoms with Gasteiger partial charge in [0.2, 0.25) is 10.0 Å². The van der Waals surface area contributed by atoms with Crippen molar-refractivity contribution in [2.45, 2.75) is 23.8 Å². The zero-order valence-electron chi connectivity index (χ0n) is 18.1. The number of sulfonamides is 1. The number of benzene rings is 3. The first-order valence-corrected chi connectivity index (χ1v) is 12.3. The average molecular weight is 502 g/mol. The molecule has 0 spiro atoms. The lowest BCUT2D eigenvalue weighted by molar-refractivity contribution is -0.139. The van der Waals surface area contributed by atoms with Crippen molar-refractivity contribution in [2.75, 3.05) is 11.9 Å². The molecule has 8 nitrogen and oxygen atoms in total. The number of amides is 2. The normalized spacial score (nSPS) is 12.0. The Morgan fingerprint density at radius 1 is 0.882 bits per heavy atom. The van der Waals surface area contributed by atoms with Crippen LogP contribution in [0.4, 0.5) is 10.5 Å². The zero-order valence-corrected chi connectivity index (χ0v) is 19.6. The minimum atomic E-state index is -4.06. The zero-order chi connectivity index (χ0) is 24.6. The molecular formula is C24H24ClN3O5S. The highest BCUT2D eigenvalue weighted by Gasteiger charge is 2.25. The molecule has 0 aliphatic carbocycles. The first-order valence-electron chi connectivity index (χ1n) is 10.5. The van der Waals surface area contributed by atoms with Crippen LogP contribution in [-0.4, -0.2) is 38.1 Å². The molecule has 0 fully saturated rings. The second kappa shape index (κ2) is 11.6. The fraction of sp³-hybridized carbons (Fsp3) is 0.167. The van der Waals surface area contributed by atoms with Crippen LogP contribution in [0.25, 0.3) is 11.1 Å². The summed E-state index contributed by atoms with van der Waals surface area (Å²) in [6.07, 6.45) is 0.264. The molecule has 0 saturated heterocycles. The van der Waals surface area contributed by atoms with Gasteiger partial charge in [0.15, 0.2) is 0 Å². The summed E-state index contributed by atoms with van der Waals surface area (Å²) in [5.41, 5.74) is 2.29. The third-order valence-electron chi connectivity index (χ3n) is 4.92. The minimum Gasteiger partial charge on any atom is -0.480 e. The number of carboxylic acid groups (broad SMARTS) is 1. The largest absolute Gasteiger partial charge is 0.480 e. The van der Waals surface area contributed by atoms with Crippen LogP contribution in [0.3, 0.4) is 0 Å². The van der Waals surface area contributed by atoms with Gasteiger partial charge in [-0.1, -0.05) is 54.1 Å². The summed E-state index contributed by atoms with van der Waals surface area (Å²) in [5.74, 6) is -1.30. The lowest BCUT2D eigenvalue weighted by Gasteiger charge is -2.15. The number of halogens is 1. The Hall–Kier alpha value is -3.40. The maximum absolute atomic E-state index is 12.7. The van der Waals surface area contributed by atoms with Crippen molar-refractivity contribution in [3.05, 3.63) is 83.9 Å². The van der Waals surface area contributed by atoms with Crippen molar-refractivity contribution in [2.24, 2.45) is 0 Å². The van der Waals surface area contributed by atoms with E-state index in [1.165, 1.54) is 12.1 Å². The number of para-hydroxylation sites is 1. The summed E-state index contributed by atoms with van der Waals surface area (Å²) >= 11 is 5.89. The highest BCUT2D eigenvalue weighted by Crippen LogP contribution is 2.23. The predicted octanol–water partition coefficient (Wildman–Crippen LogP) is 4.34. The van der Waals surface area contributed by atoms with E-state index in [1.807, 2.05) is 18.2 Å². The van der Waals surface area contributed by atoms with E-state index in [9.17, 15) is 23.1 Å². The molecule has 0 aliphatic rings. The number of carbonyl (C=O) groups is 2. The Morgan fingerprint density at radius 2 is 1.47 bits per heavy atom. The summed E-state index contributed by atoms with van der Waals surface area (Å²) in [5, 5.41) is 15.3. The molecule has 178 valence electrons. The molecule has 3 rings (SSSR count). The molecule has 2 amide bonds. The Balaban J connectivity index is 1.54. The van der Waals surface area contributed by atoms with Gasteiger partial charge in [-0.05, 0) is 60.4 Å². The quantitative estimate of drug-likeness (QED) is 0.307. The minimum absolute atomic E-state index is 0.00301. The fourth-order valence-electron chi connectivity index (χ4n) is 3.16. The Kier molecular flexibility index (Phi) is 8.64. The second-order valence-electron chi connectivity index (χ2n) is 7.43. The molecule has 10 heteroatoms. The number of hydrogen-bond donors (Lipinski definition) is 4. The van der Waals surface area contributed by atoms with Crippen molar-refractivity contribution < 1.29 is 23.1 Å². The summed E-state index contributed by atoms with van der Waals surface area (Å²) in [6, 6.07) is 20.3. The lowest BCUT2D eigenvalue weighted by Crippen LogP contribution is -2.41. The van der Waals surface area contributed by atoms with Crippen LogP contribution in [0.1, 0.15) is 12.8 Å². The van der Waals surface area contributed by atoms with Gasteiger partial charge in [0, 0.05) is 17.3 Å². The molecule has 0 bridgehead atoms. The van der Waals surface area contributed by atoms with Crippen molar-refractivity contribution in [1.82, 2.24) is 10.0 Å². The molecule has 0 radical (unpaired) electrons. The standard InChI is InChI=1S/C24H24ClN3O5S/c25-19-12-8-17(9-13-19)18-10-14-21(15-11-18)34(32,33)28-22(23(29)30)7-4-16-26-24(31)27-20-5-2-1-3-6-20/h1-3,5-6,8-15,22,28H,4,7,16H2,(H,29,30)(H2,26,27,31)/t22-/m1/s1. The van der Waals surface area contributed by atoms with Crippen molar-refractivity contribution in [1.29, 1.82) is 0 Å². The van der Waals surface area contributed by atoms with Crippen LogP contribution in [0.5, 0.6) is 0 Å². The van der Waals surface area contributed by atoms with Crippen LogP contribution in [0.15, 0.2) is 83.8 Å². The lowest BCUT2D eigenvalue weighted by atomic mass is 10.1. The van der Waals surface area contributed by atoms with Crippen molar-refractivity contribution >= 4 is 39.3 Å². The number of urea groups is 1. The number of carbonyl (C=O) groups excluding carboxylic acids is 1. The first-order chi connectivity index (χ1) is 16.2. The van der Waals surface area contributed by atoms with Gasteiger partial charge in [-0.3, -0.25) is 4.79 Å². The number of hydrogen-bond acceptors (Lipinski definition) is 4. The molecule has 0 aromatic heterocycles. The number of rotatable bonds is 10. The van der Waals surface area contributed by atoms with E-state index in [-0.39, 0.29) is 24.3 Å². The highest BCUT2D eigenvalue weighted by molar-refractivity contribution is 7.89. The molecule has 3 aromatic carbocycles. The topological polar surface area (TPSA) is 125 Å². The molecule has 0 heterocycles. The Labute approximate surface area is 203 Å². The summed E-state index contributed by atoms with van der Waals surface area (Å²) < 4.78 is 27.7. The SMILES string of the molecule is O=C(NCCC[C@@H](NS(=O)(=O)c1ccc(-c2ccc(Cl)cc2)cc1)C(=O)O)Nc1ccccc1. The Morgan fingerprint density at radius 3 is 2.06 bits per heavy atom. The van der Waals surface area contributed by atoms with E-state index in [0.717, 1.165) is 11.1 Å². The fourth-order valence-corrected chi connectivity index (χ4v) is 4.51. The van der Waals surface area contributed by atoms with Crippen molar-refractivity contribution in [3.63, 3.8) is 0 Å². The van der Waals surface area contributed by atoms with E-state index in [2.05, 4.69) is 15.4 Å².